The fourth-order valence-electron chi connectivity index (χ4n) is 4.71. The van der Waals surface area contributed by atoms with Crippen molar-refractivity contribution in [3.63, 3.8) is 0 Å². The highest BCUT2D eigenvalue weighted by Gasteiger charge is 2.31. The van der Waals surface area contributed by atoms with Crippen molar-refractivity contribution in [1.29, 1.82) is 0 Å². The first kappa shape index (κ1) is 20.9. The van der Waals surface area contributed by atoms with Gasteiger partial charge in [0.05, 0.1) is 25.8 Å². The zero-order valence-electron chi connectivity index (χ0n) is 18.5. The van der Waals surface area contributed by atoms with E-state index in [9.17, 15) is 0 Å². The Morgan fingerprint density at radius 3 is 2.50 bits per heavy atom. The summed E-state index contributed by atoms with van der Waals surface area (Å²) in [5.74, 6) is 1.72. The molecule has 8 heteroatoms. The Labute approximate surface area is 188 Å². The standard InChI is InChI=1S/C24H30N6O2/c1-31-21-11-9-19(10-12-21)23(24-25-26-27-30(24)18-22-8-5-17-32-22)29-15-13-28(14-16-29)20-6-3-2-4-7-20/h2-4,6-7,9-12,22-23H,5,8,13-18H2,1H3/t22-,23+/m1/s1. The fourth-order valence-corrected chi connectivity index (χ4v) is 4.71. The number of benzene rings is 2. The Kier molecular flexibility index (Phi) is 6.31. The highest BCUT2D eigenvalue weighted by atomic mass is 16.5. The van der Waals surface area contributed by atoms with Crippen LogP contribution in [-0.4, -0.2) is 71.1 Å². The number of piperazine rings is 1. The third-order valence-corrected chi connectivity index (χ3v) is 6.44. The number of methoxy groups -OCH3 is 1. The van der Waals surface area contributed by atoms with E-state index in [0.717, 1.165) is 57.2 Å². The largest absolute Gasteiger partial charge is 0.497 e. The molecule has 0 radical (unpaired) electrons. The second kappa shape index (κ2) is 9.67. The van der Waals surface area contributed by atoms with Gasteiger partial charge in [-0.15, -0.1) is 5.10 Å². The summed E-state index contributed by atoms with van der Waals surface area (Å²) < 4.78 is 13.2. The van der Waals surface area contributed by atoms with E-state index in [1.165, 1.54) is 11.3 Å². The summed E-state index contributed by atoms with van der Waals surface area (Å²) in [5, 5.41) is 12.9. The van der Waals surface area contributed by atoms with Gasteiger partial charge in [-0.3, -0.25) is 4.90 Å². The Balaban J connectivity index is 1.40. The Morgan fingerprint density at radius 2 is 1.81 bits per heavy atom. The van der Waals surface area contributed by atoms with Gasteiger partial charge in [0.2, 0.25) is 0 Å². The second-order valence-corrected chi connectivity index (χ2v) is 8.39. The molecule has 0 unspecified atom stereocenters. The lowest BCUT2D eigenvalue weighted by atomic mass is 10.0. The van der Waals surface area contributed by atoms with E-state index in [-0.39, 0.29) is 12.1 Å². The first-order valence-corrected chi connectivity index (χ1v) is 11.4. The van der Waals surface area contributed by atoms with Gasteiger partial charge in [0.25, 0.3) is 0 Å². The predicted molar refractivity (Wildman–Crippen MR) is 122 cm³/mol. The maximum atomic E-state index is 5.85. The highest BCUT2D eigenvalue weighted by Crippen LogP contribution is 2.30. The van der Waals surface area contributed by atoms with Crippen LogP contribution in [0.5, 0.6) is 5.75 Å². The van der Waals surface area contributed by atoms with Gasteiger partial charge in [-0.25, -0.2) is 4.68 Å². The SMILES string of the molecule is COc1ccc([C@@H](c2nnnn2C[C@H]2CCCO2)N2CCN(c3ccccc3)CC2)cc1. The molecule has 2 aliphatic rings. The summed E-state index contributed by atoms with van der Waals surface area (Å²) in [4.78, 5) is 4.93. The lowest BCUT2D eigenvalue weighted by Gasteiger charge is -2.40. The van der Waals surface area contributed by atoms with Crippen LogP contribution in [0.3, 0.4) is 0 Å². The third kappa shape index (κ3) is 4.47. The number of nitrogens with zero attached hydrogens (tertiary/aromatic N) is 6. The van der Waals surface area contributed by atoms with E-state index in [1.54, 1.807) is 7.11 Å². The molecule has 5 rings (SSSR count). The summed E-state index contributed by atoms with van der Waals surface area (Å²) in [6.07, 6.45) is 2.34. The minimum atomic E-state index is -0.0183. The summed E-state index contributed by atoms with van der Waals surface area (Å²) in [6, 6.07) is 18.9. The molecular weight excluding hydrogens is 404 g/mol. The van der Waals surface area contributed by atoms with Crippen molar-refractivity contribution < 1.29 is 9.47 Å². The van der Waals surface area contributed by atoms with Crippen LogP contribution in [0.15, 0.2) is 54.6 Å². The van der Waals surface area contributed by atoms with E-state index in [0.29, 0.717) is 6.54 Å². The van der Waals surface area contributed by atoms with Crippen molar-refractivity contribution in [3.8, 4) is 5.75 Å². The lowest BCUT2D eigenvalue weighted by Crippen LogP contribution is -2.48. The fraction of sp³-hybridized carbons (Fsp3) is 0.458. The smallest absolute Gasteiger partial charge is 0.173 e. The Bertz CT molecular complexity index is 979. The quantitative estimate of drug-likeness (QED) is 0.566. The minimum Gasteiger partial charge on any atom is -0.497 e. The first-order valence-electron chi connectivity index (χ1n) is 11.4. The van der Waals surface area contributed by atoms with Crippen molar-refractivity contribution in [3.05, 3.63) is 66.0 Å². The molecule has 3 aromatic rings. The molecule has 0 N–H and O–H groups in total. The van der Waals surface area contributed by atoms with Crippen LogP contribution in [-0.2, 0) is 11.3 Å². The van der Waals surface area contributed by atoms with E-state index in [1.807, 2.05) is 16.8 Å². The molecule has 3 heterocycles. The summed E-state index contributed by atoms with van der Waals surface area (Å²) in [6.45, 7) is 5.30. The number of anilines is 1. The Morgan fingerprint density at radius 1 is 1.03 bits per heavy atom. The molecule has 0 saturated carbocycles. The van der Waals surface area contributed by atoms with E-state index < -0.39 is 0 Å². The highest BCUT2D eigenvalue weighted by molar-refractivity contribution is 5.46. The van der Waals surface area contributed by atoms with Crippen LogP contribution in [0, 0.1) is 0 Å². The third-order valence-electron chi connectivity index (χ3n) is 6.44. The van der Waals surface area contributed by atoms with Gasteiger partial charge in [0.15, 0.2) is 5.82 Å². The molecule has 0 aliphatic carbocycles. The molecule has 2 aliphatic heterocycles. The van der Waals surface area contributed by atoms with Gasteiger partial charge in [0.1, 0.15) is 5.75 Å². The van der Waals surface area contributed by atoms with Crippen LogP contribution in [0.25, 0.3) is 0 Å². The first-order chi connectivity index (χ1) is 15.8. The summed E-state index contributed by atoms with van der Waals surface area (Å²) in [5.41, 5.74) is 2.44. The number of aromatic nitrogens is 4. The normalized spacial score (nSPS) is 20.4. The van der Waals surface area contributed by atoms with Gasteiger partial charge < -0.3 is 14.4 Å². The van der Waals surface area contributed by atoms with Crippen LogP contribution in [0.4, 0.5) is 5.69 Å². The summed E-state index contributed by atoms with van der Waals surface area (Å²) in [7, 11) is 1.69. The maximum Gasteiger partial charge on any atom is 0.173 e. The van der Waals surface area contributed by atoms with Crippen molar-refractivity contribution >= 4 is 5.69 Å². The molecule has 168 valence electrons. The molecule has 0 bridgehead atoms. The molecule has 0 amide bonds. The molecule has 2 atom stereocenters. The van der Waals surface area contributed by atoms with Crippen molar-refractivity contribution in [2.45, 2.75) is 31.5 Å². The van der Waals surface area contributed by atoms with Gasteiger partial charge in [-0.2, -0.15) is 0 Å². The molecule has 2 fully saturated rings. The van der Waals surface area contributed by atoms with Crippen molar-refractivity contribution in [2.24, 2.45) is 0 Å². The topological polar surface area (TPSA) is 68.5 Å². The average Bonchev–Trinajstić information content (AvgIpc) is 3.54. The number of rotatable bonds is 7. The number of ether oxygens (including phenoxy) is 2. The van der Waals surface area contributed by atoms with Gasteiger partial charge in [-0.1, -0.05) is 30.3 Å². The van der Waals surface area contributed by atoms with E-state index in [2.05, 4.69) is 67.8 Å². The van der Waals surface area contributed by atoms with E-state index in [4.69, 9.17) is 9.47 Å². The maximum absolute atomic E-state index is 5.85. The van der Waals surface area contributed by atoms with Gasteiger partial charge >= 0.3 is 0 Å². The second-order valence-electron chi connectivity index (χ2n) is 8.39. The number of tetrazole rings is 1. The predicted octanol–water partition coefficient (Wildman–Crippen LogP) is 2.77. The molecule has 8 nitrogen and oxygen atoms in total. The van der Waals surface area contributed by atoms with Crippen LogP contribution in [0.1, 0.15) is 30.3 Å². The zero-order chi connectivity index (χ0) is 21.8. The molecule has 2 aromatic carbocycles. The average molecular weight is 435 g/mol. The zero-order valence-corrected chi connectivity index (χ0v) is 18.5. The number of hydrogen-bond donors (Lipinski definition) is 0. The summed E-state index contributed by atoms with van der Waals surface area (Å²) >= 11 is 0. The number of hydrogen-bond acceptors (Lipinski definition) is 7. The molecule has 1 aromatic heterocycles. The van der Waals surface area contributed by atoms with E-state index >= 15 is 0 Å². The van der Waals surface area contributed by atoms with Gasteiger partial charge in [0, 0.05) is 38.5 Å². The molecule has 32 heavy (non-hydrogen) atoms. The lowest BCUT2D eigenvalue weighted by molar-refractivity contribution is 0.0906. The van der Waals surface area contributed by atoms with Crippen LogP contribution in [0.2, 0.25) is 0 Å². The minimum absolute atomic E-state index is 0.0183. The van der Waals surface area contributed by atoms with Gasteiger partial charge in [-0.05, 0) is 53.1 Å². The van der Waals surface area contributed by atoms with Crippen molar-refractivity contribution in [1.82, 2.24) is 25.1 Å². The molecule has 2 saturated heterocycles. The Hall–Kier alpha value is -2.97. The van der Waals surface area contributed by atoms with Crippen LogP contribution >= 0.6 is 0 Å². The number of para-hydroxylation sites is 1. The molecular formula is C24H30N6O2. The van der Waals surface area contributed by atoms with Crippen LogP contribution < -0.4 is 9.64 Å². The molecule has 0 spiro atoms. The van der Waals surface area contributed by atoms with Crippen molar-refractivity contribution in [2.75, 3.05) is 44.8 Å². The monoisotopic (exact) mass is 434 g/mol.